The molecule has 0 spiro atoms. The van der Waals surface area contributed by atoms with Crippen LogP contribution in [0.15, 0.2) is 18.2 Å². The van der Waals surface area contributed by atoms with E-state index in [0.717, 1.165) is 12.1 Å². The summed E-state index contributed by atoms with van der Waals surface area (Å²) < 4.78 is 31.7. The lowest BCUT2D eigenvalue weighted by Gasteiger charge is -2.28. The molecule has 4 heteroatoms. The van der Waals surface area contributed by atoms with Crippen molar-refractivity contribution >= 4 is 0 Å². The SMILES string of the molecule is CC(C)C(CNC(C)(C)C)Oc1ccc(F)c(F)c1. The second-order valence-corrected chi connectivity index (χ2v) is 6.11. The average Bonchev–Trinajstić information content (AvgIpc) is 2.27. The van der Waals surface area contributed by atoms with E-state index in [0.29, 0.717) is 12.3 Å². The van der Waals surface area contributed by atoms with Gasteiger partial charge in [0.05, 0.1) is 0 Å². The van der Waals surface area contributed by atoms with Crippen LogP contribution < -0.4 is 10.1 Å². The van der Waals surface area contributed by atoms with Crippen molar-refractivity contribution in [2.75, 3.05) is 6.54 Å². The van der Waals surface area contributed by atoms with Gasteiger partial charge in [0.1, 0.15) is 11.9 Å². The van der Waals surface area contributed by atoms with E-state index >= 15 is 0 Å². The fraction of sp³-hybridized carbons (Fsp3) is 0.600. The van der Waals surface area contributed by atoms with Gasteiger partial charge >= 0.3 is 0 Å². The molecule has 0 heterocycles. The Kier molecular flexibility index (Phi) is 5.29. The van der Waals surface area contributed by atoms with Crippen LogP contribution in [0.4, 0.5) is 8.78 Å². The summed E-state index contributed by atoms with van der Waals surface area (Å²) >= 11 is 0. The number of rotatable bonds is 5. The van der Waals surface area contributed by atoms with E-state index in [-0.39, 0.29) is 17.6 Å². The van der Waals surface area contributed by atoms with E-state index in [9.17, 15) is 8.78 Å². The van der Waals surface area contributed by atoms with Crippen LogP contribution in [0.3, 0.4) is 0 Å². The second-order valence-electron chi connectivity index (χ2n) is 6.11. The molecule has 0 saturated carbocycles. The first-order valence-corrected chi connectivity index (χ1v) is 6.56. The van der Waals surface area contributed by atoms with Crippen molar-refractivity contribution < 1.29 is 13.5 Å². The summed E-state index contributed by atoms with van der Waals surface area (Å²) in [4.78, 5) is 0. The third kappa shape index (κ3) is 5.55. The molecule has 1 N–H and O–H groups in total. The Morgan fingerprint density at radius 1 is 1.16 bits per heavy atom. The summed E-state index contributed by atoms with van der Waals surface area (Å²) in [6, 6.07) is 3.62. The first-order chi connectivity index (χ1) is 8.69. The summed E-state index contributed by atoms with van der Waals surface area (Å²) in [7, 11) is 0. The molecule has 19 heavy (non-hydrogen) atoms. The monoisotopic (exact) mass is 271 g/mol. The van der Waals surface area contributed by atoms with E-state index in [4.69, 9.17) is 4.74 Å². The van der Waals surface area contributed by atoms with Crippen LogP contribution in [-0.4, -0.2) is 18.2 Å². The Hall–Kier alpha value is -1.16. The Morgan fingerprint density at radius 2 is 1.79 bits per heavy atom. The van der Waals surface area contributed by atoms with E-state index in [1.165, 1.54) is 6.07 Å². The molecule has 0 saturated heterocycles. The Balaban J connectivity index is 2.70. The molecular formula is C15H23F2NO. The molecule has 0 aliphatic carbocycles. The summed E-state index contributed by atoms with van der Waals surface area (Å²) in [5, 5.41) is 3.36. The molecule has 1 unspecified atom stereocenters. The minimum absolute atomic E-state index is 0.00938. The van der Waals surface area contributed by atoms with Gasteiger partial charge in [-0.25, -0.2) is 8.78 Å². The molecule has 0 fully saturated rings. The maximum Gasteiger partial charge on any atom is 0.162 e. The van der Waals surface area contributed by atoms with Crippen LogP contribution in [0.1, 0.15) is 34.6 Å². The zero-order chi connectivity index (χ0) is 14.6. The molecule has 0 aromatic heterocycles. The summed E-state index contributed by atoms with van der Waals surface area (Å²) in [6.07, 6.45) is -0.0934. The number of halogens is 2. The highest BCUT2D eigenvalue weighted by atomic mass is 19.2. The Labute approximate surface area is 114 Å². The van der Waals surface area contributed by atoms with E-state index in [1.54, 1.807) is 0 Å². The van der Waals surface area contributed by atoms with Crippen molar-refractivity contribution in [3.05, 3.63) is 29.8 Å². The highest BCUT2D eigenvalue weighted by Crippen LogP contribution is 2.19. The van der Waals surface area contributed by atoms with Gasteiger partial charge in [0, 0.05) is 18.2 Å². The van der Waals surface area contributed by atoms with Crippen molar-refractivity contribution in [1.29, 1.82) is 0 Å². The van der Waals surface area contributed by atoms with Gasteiger partial charge < -0.3 is 10.1 Å². The highest BCUT2D eigenvalue weighted by molar-refractivity contribution is 5.24. The van der Waals surface area contributed by atoms with Gasteiger partial charge in [0.2, 0.25) is 0 Å². The average molecular weight is 271 g/mol. The lowest BCUT2D eigenvalue weighted by atomic mass is 10.0. The highest BCUT2D eigenvalue weighted by Gasteiger charge is 2.19. The summed E-state index contributed by atoms with van der Waals surface area (Å²) in [5.41, 5.74) is -0.00938. The molecule has 0 aliphatic heterocycles. The van der Waals surface area contributed by atoms with Gasteiger partial charge in [0.15, 0.2) is 11.6 Å². The van der Waals surface area contributed by atoms with Gasteiger partial charge in [-0.15, -0.1) is 0 Å². The topological polar surface area (TPSA) is 21.3 Å². The largest absolute Gasteiger partial charge is 0.489 e. The molecule has 0 aliphatic rings. The van der Waals surface area contributed by atoms with Crippen LogP contribution in [-0.2, 0) is 0 Å². The molecule has 108 valence electrons. The van der Waals surface area contributed by atoms with Crippen LogP contribution >= 0.6 is 0 Å². The van der Waals surface area contributed by atoms with Crippen LogP contribution in [0, 0.1) is 17.6 Å². The quantitative estimate of drug-likeness (QED) is 0.880. The van der Waals surface area contributed by atoms with Gasteiger partial charge in [0.25, 0.3) is 0 Å². The normalized spacial score (nSPS) is 13.7. The number of hydrogen-bond acceptors (Lipinski definition) is 2. The molecule has 2 nitrogen and oxygen atoms in total. The van der Waals surface area contributed by atoms with Crippen LogP contribution in [0.2, 0.25) is 0 Å². The van der Waals surface area contributed by atoms with Crippen LogP contribution in [0.5, 0.6) is 5.75 Å². The molecule has 1 aromatic rings. The standard InChI is InChI=1S/C15H23F2NO/c1-10(2)14(9-18-15(3,4)5)19-11-6-7-12(16)13(17)8-11/h6-8,10,14,18H,9H2,1-5H3. The molecular weight excluding hydrogens is 248 g/mol. The Bertz CT molecular complexity index is 413. The van der Waals surface area contributed by atoms with Crippen molar-refractivity contribution in [2.45, 2.75) is 46.3 Å². The van der Waals surface area contributed by atoms with Crippen molar-refractivity contribution in [3.8, 4) is 5.75 Å². The number of hydrogen-bond donors (Lipinski definition) is 1. The maximum atomic E-state index is 13.1. The zero-order valence-electron chi connectivity index (χ0n) is 12.3. The predicted molar refractivity (Wildman–Crippen MR) is 73.4 cm³/mol. The first-order valence-electron chi connectivity index (χ1n) is 6.56. The van der Waals surface area contributed by atoms with Gasteiger partial charge in [-0.2, -0.15) is 0 Å². The van der Waals surface area contributed by atoms with Gasteiger partial charge in [-0.1, -0.05) is 13.8 Å². The Morgan fingerprint density at radius 3 is 2.26 bits per heavy atom. The fourth-order valence-corrected chi connectivity index (χ4v) is 1.55. The van der Waals surface area contributed by atoms with E-state index < -0.39 is 11.6 Å². The molecule has 1 aromatic carbocycles. The molecule has 0 radical (unpaired) electrons. The zero-order valence-corrected chi connectivity index (χ0v) is 12.3. The van der Waals surface area contributed by atoms with Gasteiger partial charge in [-0.05, 0) is 38.8 Å². The van der Waals surface area contributed by atoms with Gasteiger partial charge in [-0.3, -0.25) is 0 Å². The van der Waals surface area contributed by atoms with E-state index in [1.807, 2.05) is 13.8 Å². The summed E-state index contributed by atoms with van der Waals surface area (Å²) in [6.45, 7) is 10.9. The summed E-state index contributed by atoms with van der Waals surface area (Å²) in [5.74, 6) is -1.12. The fourth-order valence-electron chi connectivity index (χ4n) is 1.55. The lowest BCUT2D eigenvalue weighted by molar-refractivity contribution is 0.139. The molecule has 0 bridgehead atoms. The third-order valence-corrected chi connectivity index (χ3v) is 2.76. The smallest absolute Gasteiger partial charge is 0.162 e. The predicted octanol–water partition coefficient (Wildman–Crippen LogP) is 3.76. The second kappa shape index (κ2) is 6.33. The first kappa shape index (κ1) is 15.9. The lowest BCUT2D eigenvalue weighted by Crippen LogP contribution is -2.44. The van der Waals surface area contributed by atoms with Crippen molar-refractivity contribution in [1.82, 2.24) is 5.32 Å². The minimum Gasteiger partial charge on any atom is -0.489 e. The molecule has 1 rings (SSSR count). The third-order valence-electron chi connectivity index (χ3n) is 2.76. The van der Waals surface area contributed by atoms with Crippen molar-refractivity contribution in [3.63, 3.8) is 0 Å². The number of nitrogens with one attached hydrogen (secondary N) is 1. The minimum atomic E-state index is -0.885. The number of benzene rings is 1. The molecule has 0 amide bonds. The van der Waals surface area contributed by atoms with Crippen LogP contribution in [0.25, 0.3) is 0 Å². The molecule has 1 atom stereocenters. The number of ether oxygens (including phenoxy) is 1. The maximum absolute atomic E-state index is 13.1. The van der Waals surface area contributed by atoms with Crippen molar-refractivity contribution in [2.24, 2.45) is 5.92 Å². The van der Waals surface area contributed by atoms with E-state index in [2.05, 4.69) is 26.1 Å².